The smallest absolute Gasteiger partial charge is 0.306 e. The average molecular weight is 296 g/mol. The zero-order valence-electron chi connectivity index (χ0n) is 12.5. The van der Waals surface area contributed by atoms with Crippen LogP contribution in [0.5, 0.6) is 0 Å². The maximum atomic E-state index is 11.0. The quantitative estimate of drug-likeness (QED) is 0.896. The van der Waals surface area contributed by atoms with Gasteiger partial charge >= 0.3 is 5.97 Å². The number of carbonyl (C=O) groups is 1. The highest BCUT2D eigenvalue weighted by Crippen LogP contribution is 2.27. The first-order valence-electron chi connectivity index (χ1n) is 7.27. The Bertz CT molecular complexity index is 465. The number of aromatic nitrogens is 1. The second kappa shape index (κ2) is 6.22. The van der Waals surface area contributed by atoms with Crippen LogP contribution < -0.4 is 5.32 Å². The van der Waals surface area contributed by atoms with E-state index in [2.05, 4.69) is 36.5 Å². The first kappa shape index (κ1) is 15.4. The van der Waals surface area contributed by atoms with Gasteiger partial charge in [0.2, 0.25) is 0 Å². The molecular weight excluding hydrogens is 272 g/mol. The van der Waals surface area contributed by atoms with Crippen molar-refractivity contribution in [3.8, 4) is 0 Å². The SMILES string of the molecule is CC(C)(C)c1nc(CNC2CCCC(C(=O)O)C2)cs1. The number of carboxylic acids is 1. The van der Waals surface area contributed by atoms with Gasteiger partial charge in [-0.15, -0.1) is 11.3 Å². The molecule has 2 rings (SSSR count). The highest BCUT2D eigenvalue weighted by molar-refractivity contribution is 7.09. The third kappa shape index (κ3) is 4.03. The number of hydrogen-bond donors (Lipinski definition) is 2. The van der Waals surface area contributed by atoms with Crippen molar-refractivity contribution in [2.75, 3.05) is 0 Å². The molecule has 1 aliphatic carbocycles. The summed E-state index contributed by atoms with van der Waals surface area (Å²) in [5.74, 6) is -0.831. The topological polar surface area (TPSA) is 62.2 Å². The van der Waals surface area contributed by atoms with E-state index in [4.69, 9.17) is 5.11 Å². The first-order chi connectivity index (χ1) is 9.36. The zero-order valence-corrected chi connectivity index (χ0v) is 13.3. The molecule has 0 radical (unpaired) electrons. The van der Waals surface area contributed by atoms with Crippen molar-refractivity contribution >= 4 is 17.3 Å². The fourth-order valence-corrected chi connectivity index (χ4v) is 3.49. The Balaban J connectivity index is 1.86. The lowest BCUT2D eigenvalue weighted by Crippen LogP contribution is -2.36. The fraction of sp³-hybridized carbons (Fsp3) is 0.733. The van der Waals surface area contributed by atoms with Crippen LogP contribution >= 0.6 is 11.3 Å². The van der Waals surface area contributed by atoms with Crippen molar-refractivity contribution in [1.29, 1.82) is 0 Å². The fourth-order valence-electron chi connectivity index (χ4n) is 2.58. The van der Waals surface area contributed by atoms with Crippen molar-refractivity contribution in [2.45, 2.75) is 64.5 Å². The van der Waals surface area contributed by atoms with Gasteiger partial charge in [0.05, 0.1) is 16.6 Å². The molecule has 1 aliphatic rings. The van der Waals surface area contributed by atoms with Crippen LogP contribution in [-0.2, 0) is 16.8 Å². The van der Waals surface area contributed by atoms with Crippen LogP contribution in [0.1, 0.15) is 57.2 Å². The summed E-state index contributed by atoms with van der Waals surface area (Å²) >= 11 is 1.70. The monoisotopic (exact) mass is 296 g/mol. The summed E-state index contributed by atoms with van der Waals surface area (Å²) in [6.45, 7) is 7.24. The summed E-state index contributed by atoms with van der Waals surface area (Å²) in [6, 6.07) is 0.310. The van der Waals surface area contributed by atoms with Gasteiger partial charge in [0.1, 0.15) is 0 Å². The van der Waals surface area contributed by atoms with Crippen LogP contribution in [0.3, 0.4) is 0 Å². The number of thiazole rings is 1. The molecule has 1 saturated carbocycles. The lowest BCUT2D eigenvalue weighted by atomic mass is 9.86. The van der Waals surface area contributed by atoms with Crippen molar-refractivity contribution < 1.29 is 9.90 Å². The Hall–Kier alpha value is -0.940. The van der Waals surface area contributed by atoms with E-state index in [0.717, 1.165) is 42.9 Å². The Labute approximate surface area is 124 Å². The summed E-state index contributed by atoms with van der Waals surface area (Å²) in [5, 5.41) is 15.8. The molecule has 0 aliphatic heterocycles. The van der Waals surface area contributed by atoms with E-state index >= 15 is 0 Å². The predicted molar refractivity (Wildman–Crippen MR) is 81.0 cm³/mol. The largest absolute Gasteiger partial charge is 0.481 e. The molecule has 2 atom stereocenters. The Morgan fingerprint density at radius 1 is 1.50 bits per heavy atom. The minimum Gasteiger partial charge on any atom is -0.481 e. The zero-order chi connectivity index (χ0) is 14.8. The molecule has 0 aromatic carbocycles. The van der Waals surface area contributed by atoms with Crippen molar-refractivity contribution in [3.63, 3.8) is 0 Å². The van der Waals surface area contributed by atoms with E-state index in [1.54, 1.807) is 11.3 Å². The molecule has 20 heavy (non-hydrogen) atoms. The highest BCUT2D eigenvalue weighted by Gasteiger charge is 2.26. The molecular formula is C15H24N2O2S. The van der Waals surface area contributed by atoms with E-state index in [9.17, 15) is 4.79 Å². The lowest BCUT2D eigenvalue weighted by molar-refractivity contribution is -0.143. The van der Waals surface area contributed by atoms with Gasteiger partial charge in [0.15, 0.2) is 0 Å². The molecule has 0 bridgehead atoms. The van der Waals surface area contributed by atoms with E-state index in [1.807, 2.05) is 0 Å². The maximum Gasteiger partial charge on any atom is 0.306 e. The van der Waals surface area contributed by atoms with Gasteiger partial charge in [-0.05, 0) is 19.3 Å². The van der Waals surface area contributed by atoms with Gasteiger partial charge in [0.25, 0.3) is 0 Å². The number of aliphatic carboxylic acids is 1. The molecule has 1 heterocycles. The van der Waals surface area contributed by atoms with Crippen LogP contribution in [-0.4, -0.2) is 22.1 Å². The second-order valence-electron chi connectivity index (χ2n) is 6.67. The van der Waals surface area contributed by atoms with Gasteiger partial charge in [-0.1, -0.05) is 27.2 Å². The van der Waals surface area contributed by atoms with Crippen LogP contribution in [0.25, 0.3) is 0 Å². The van der Waals surface area contributed by atoms with Crippen molar-refractivity contribution in [1.82, 2.24) is 10.3 Å². The number of hydrogen-bond acceptors (Lipinski definition) is 4. The molecule has 2 unspecified atom stereocenters. The Morgan fingerprint density at radius 2 is 2.25 bits per heavy atom. The standard InChI is InChI=1S/C15H24N2O2S/c1-15(2,3)14-17-12(9-20-14)8-16-11-6-4-5-10(7-11)13(18)19/h9-11,16H,4-8H2,1-3H3,(H,18,19). The predicted octanol–water partition coefficient (Wildman–Crippen LogP) is 3.17. The molecule has 4 nitrogen and oxygen atoms in total. The van der Waals surface area contributed by atoms with Crippen molar-refractivity contribution in [3.05, 3.63) is 16.1 Å². The summed E-state index contributed by atoms with van der Waals surface area (Å²) in [5.41, 5.74) is 1.17. The van der Waals surface area contributed by atoms with Crippen LogP contribution in [0, 0.1) is 5.92 Å². The molecule has 5 heteroatoms. The Morgan fingerprint density at radius 3 is 2.85 bits per heavy atom. The summed E-state index contributed by atoms with van der Waals surface area (Å²) in [6.07, 6.45) is 3.63. The van der Waals surface area contributed by atoms with E-state index in [1.165, 1.54) is 0 Å². The van der Waals surface area contributed by atoms with Gasteiger partial charge in [-0.3, -0.25) is 4.79 Å². The Kier molecular flexibility index (Phi) is 4.81. The lowest BCUT2D eigenvalue weighted by Gasteiger charge is -2.27. The molecule has 2 N–H and O–H groups in total. The van der Waals surface area contributed by atoms with E-state index < -0.39 is 5.97 Å². The van der Waals surface area contributed by atoms with Crippen molar-refractivity contribution in [2.24, 2.45) is 5.92 Å². The maximum absolute atomic E-state index is 11.0. The number of nitrogens with one attached hydrogen (secondary N) is 1. The van der Waals surface area contributed by atoms with Gasteiger partial charge < -0.3 is 10.4 Å². The summed E-state index contributed by atoms with van der Waals surface area (Å²) in [7, 11) is 0. The van der Waals surface area contributed by atoms with Gasteiger partial charge in [-0.25, -0.2) is 4.98 Å². The van der Waals surface area contributed by atoms with Gasteiger partial charge in [0, 0.05) is 23.4 Å². The molecule has 112 valence electrons. The molecule has 0 spiro atoms. The second-order valence-corrected chi connectivity index (χ2v) is 7.53. The van der Waals surface area contributed by atoms with Gasteiger partial charge in [-0.2, -0.15) is 0 Å². The molecule has 0 amide bonds. The van der Waals surface area contributed by atoms with Crippen LogP contribution in [0.2, 0.25) is 0 Å². The van der Waals surface area contributed by atoms with Crippen LogP contribution in [0.15, 0.2) is 5.38 Å². The summed E-state index contributed by atoms with van der Waals surface area (Å²) in [4.78, 5) is 15.7. The molecule has 1 aromatic rings. The number of nitrogens with zero attached hydrogens (tertiary/aromatic N) is 1. The number of rotatable bonds is 4. The molecule has 1 aromatic heterocycles. The minimum absolute atomic E-state index is 0.0994. The summed E-state index contributed by atoms with van der Waals surface area (Å²) < 4.78 is 0. The average Bonchev–Trinajstić information content (AvgIpc) is 2.85. The third-order valence-corrected chi connectivity index (χ3v) is 5.11. The normalized spacial score (nSPS) is 23.8. The molecule has 0 saturated heterocycles. The van der Waals surface area contributed by atoms with E-state index in [0.29, 0.717) is 6.04 Å². The minimum atomic E-state index is -0.653. The number of carboxylic acid groups (broad SMARTS) is 1. The molecule has 1 fully saturated rings. The third-order valence-electron chi connectivity index (χ3n) is 3.79. The van der Waals surface area contributed by atoms with E-state index in [-0.39, 0.29) is 11.3 Å². The first-order valence-corrected chi connectivity index (χ1v) is 8.15. The van der Waals surface area contributed by atoms with Crippen LogP contribution in [0.4, 0.5) is 0 Å². The highest BCUT2D eigenvalue weighted by atomic mass is 32.1.